The Morgan fingerprint density at radius 1 is 1.36 bits per heavy atom. The maximum Gasteiger partial charge on any atom is 0.267 e. The molecule has 0 saturated heterocycles. The molecule has 0 bridgehead atoms. The maximum atomic E-state index is 12.4. The quantitative estimate of drug-likeness (QED) is 0.398. The van der Waals surface area contributed by atoms with Gasteiger partial charge in [0, 0.05) is 12.7 Å². The molecule has 28 heavy (non-hydrogen) atoms. The fourth-order valence-electron chi connectivity index (χ4n) is 2.62. The van der Waals surface area contributed by atoms with Crippen molar-refractivity contribution in [3.8, 4) is 0 Å². The van der Waals surface area contributed by atoms with Crippen LogP contribution in [0.1, 0.15) is 23.7 Å². The summed E-state index contributed by atoms with van der Waals surface area (Å²) < 4.78 is 0.930. The molecule has 3 aromatic rings. The molecular formula is C17H19N7O3S. The van der Waals surface area contributed by atoms with Crippen LogP contribution in [0.15, 0.2) is 28.5 Å². The lowest BCUT2D eigenvalue weighted by molar-refractivity contribution is -0.121. The van der Waals surface area contributed by atoms with Gasteiger partial charge in [0.05, 0.1) is 15.7 Å². The average Bonchev–Trinajstić information content (AvgIpc) is 3.12. The number of benzene rings is 1. The summed E-state index contributed by atoms with van der Waals surface area (Å²) in [6.45, 7) is 1.81. The number of nitrogens with one attached hydrogen (secondary N) is 4. The number of nitrogens with zero attached hydrogens (tertiary/aromatic N) is 2. The van der Waals surface area contributed by atoms with Crippen LogP contribution in [0.4, 0.5) is 17.5 Å². The SMILES string of the molecule is CC[C@@H](Nc1nc(Nc2ccc3ncsc3c2)c(C(N)=O)c(=O)[nH]1)C(=O)NC. The predicted molar refractivity (Wildman–Crippen MR) is 108 cm³/mol. The minimum Gasteiger partial charge on any atom is -0.365 e. The third-order valence-electron chi connectivity index (χ3n) is 4.04. The van der Waals surface area contributed by atoms with Crippen LogP contribution in [0.25, 0.3) is 10.2 Å². The third-order valence-corrected chi connectivity index (χ3v) is 4.83. The Kier molecular flexibility index (Phi) is 5.54. The van der Waals surface area contributed by atoms with Crippen LogP contribution in [-0.4, -0.2) is 39.9 Å². The number of H-pyrrole nitrogens is 1. The molecule has 1 atom stereocenters. The van der Waals surface area contributed by atoms with Gasteiger partial charge in [-0.25, -0.2) is 4.98 Å². The van der Waals surface area contributed by atoms with E-state index in [0.717, 1.165) is 10.2 Å². The summed E-state index contributed by atoms with van der Waals surface area (Å²) >= 11 is 1.46. The predicted octanol–water partition coefficient (Wildman–Crippen LogP) is 1.16. The van der Waals surface area contributed by atoms with Crippen LogP contribution in [-0.2, 0) is 4.79 Å². The molecule has 0 radical (unpaired) electrons. The lowest BCUT2D eigenvalue weighted by Gasteiger charge is -2.17. The van der Waals surface area contributed by atoms with E-state index in [9.17, 15) is 14.4 Å². The van der Waals surface area contributed by atoms with E-state index in [1.807, 2.05) is 19.1 Å². The smallest absolute Gasteiger partial charge is 0.267 e. The van der Waals surface area contributed by atoms with Crippen molar-refractivity contribution in [1.82, 2.24) is 20.3 Å². The van der Waals surface area contributed by atoms with Crippen molar-refractivity contribution in [3.05, 3.63) is 39.6 Å². The lowest BCUT2D eigenvalue weighted by Crippen LogP contribution is -2.38. The highest BCUT2D eigenvalue weighted by Gasteiger charge is 2.20. The molecule has 6 N–H and O–H groups in total. The molecule has 11 heteroatoms. The zero-order chi connectivity index (χ0) is 20.3. The highest BCUT2D eigenvalue weighted by atomic mass is 32.1. The Morgan fingerprint density at radius 3 is 2.82 bits per heavy atom. The first-order valence-corrected chi connectivity index (χ1v) is 9.33. The van der Waals surface area contributed by atoms with Crippen molar-refractivity contribution >= 4 is 50.8 Å². The second kappa shape index (κ2) is 8.05. The molecule has 2 aromatic heterocycles. The highest BCUT2D eigenvalue weighted by Crippen LogP contribution is 2.24. The van der Waals surface area contributed by atoms with Crippen molar-refractivity contribution in [2.75, 3.05) is 17.7 Å². The number of nitrogens with two attached hydrogens (primary N) is 1. The van der Waals surface area contributed by atoms with Gasteiger partial charge in [-0.3, -0.25) is 19.4 Å². The van der Waals surface area contributed by atoms with E-state index in [0.29, 0.717) is 12.1 Å². The number of primary amides is 1. The second-order valence-electron chi connectivity index (χ2n) is 5.88. The van der Waals surface area contributed by atoms with E-state index in [1.54, 1.807) is 11.6 Å². The van der Waals surface area contributed by atoms with Crippen molar-refractivity contribution in [3.63, 3.8) is 0 Å². The number of rotatable bonds is 7. The summed E-state index contributed by atoms with van der Waals surface area (Å²) in [5, 5.41) is 8.35. The number of hydrogen-bond donors (Lipinski definition) is 5. The maximum absolute atomic E-state index is 12.4. The van der Waals surface area contributed by atoms with Gasteiger partial charge in [-0.2, -0.15) is 4.98 Å². The number of thiazole rings is 1. The minimum atomic E-state index is -0.917. The summed E-state index contributed by atoms with van der Waals surface area (Å²) in [4.78, 5) is 47.0. The van der Waals surface area contributed by atoms with Crippen molar-refractivity contribution in [1.29, 1.82) is 0 Å². The summed E-state index contributed by atoms with van der Waals surface area (Å²) in [7, 11) is 1.52. The molecule has 0 unspecified atom stereocenters. The largest absolute Gasteiger partial charge is 0.365 e. The number of anilines is 3. The number of aromatic nitrogens is 3. The van der Waals surface area contributed by atoms with Gasteiger partial charge in [0.2, 0.25) is 11.9 Å². The van der Waals surface area contributed by atoms with E-state index in [2.05, 4.69) is 30.9 Å². The van der Waals surface area contributed by atoms with Crippen LogP contribution in [0, 0.1) is 0 Å². The summed E-state index contributed by atoms with van der Waals surface area (Å²) in [6, 6.07) is 4.78. The monoisotopic (exact) mass is 401 g/mol. The number of carbonyl (C=O) groups excluding carboxylic acids is 2. The molecule has 0 fully saturated rings. The fourth-order valence-corrected chi connectivity index (χ4v) is 3.34. The molecule has 0 spiro atoms. The van der Waals surface area contributed by atoms with Gasteiger partial charge in [-0.05, 0) is 24.6 Å². The van der Waals surface area contributed by atoms with Crippen LogP contribution in [0.3, 0.4) is 0 Å². The Bertz CT molecular complexity index is 1090. The van der Waals surface area contributed by atoms with Gasteiger partial charge in [0.1, 0.15) is 11.6 Å². The molecule has 1 aromatic carbocycles. The van der Waals surface area contributed by atoms with Crippen molar-refractivity contribution in [2.45, 2.75) is 19.4 Å². The van der Waals surface area contributed by atoms with Gasteiger partial charge in [-0.1, -0.05) is 6.92 Å². The van der Waals surface area contributed by atoms with Gasteiger partial charge in [0.15, 0.2) is 5.82 Å². The number of carbonyl (C=O) groups is 2. The van der Waals surface area contributed by atoms with Gasteiger partial charge in [-0.15, -0.1) is 11.3 Å². The Hall–Kier alpha value is -3.47. The normalized spacial score (nSPS) is 11.8. The number of amides is 2. The first kappa shape index (κ1) is 19.3. The van der Waals surface area contributed by atoms with Gasteiger partial charge < -0.3 is 21.7 Å². The van der Waals surface area contributed by atoms with E-state index < -0.39 is 17.5 Å². The standard InChI is InChI=1S/C17H19N7O3S/c1-3-9(15(26)19-2)22-17-23-14(12(13(18)25)16(27)24-17)21-8-4-5-10-11(6-8)28-7-20-10/h4-7,9H,3H2,1-2H3,(H2,18,25)(H,19,26)(H3,21,22,23,24,27)/t9-/m1/s1. The molecule has 0 saturated carbocycles. The Balaban J connectivity index is 1.99. The van der Waals surface area contributed by atoms with Crippen LogP contribution in [0.5, 0.6) is 0 Å². The molecule has 3 rings (SSSR count). The Morgan fingerprint density at radius 2 is 2.14 bits per heavy atom. The molecule has 0 aliphatic rings. The van der Waals surface area contributed by atoms with E-state index in [1.165, 1.54) is 18.4 Å². The van der Waals surface area contributed by atoms with Crippen LogP contribution < -0.4 is 27.2 Å². The van der Waals surface area contributed by atoms with E-state index in [4.69, 9.17) is 5.73 Å². The third kappa shape index (κ3) is 3.93. The minimum absolute atomic E-state index is 0.00521. The molecular weight excluding hydrogens is 382 g/mol. The molecule has 0 aliphatic carbocycles. The first-order chi connectivity index (χ1) is 13.4. The molecule has 10 nitrogen and oxygen atoms in total. The Labute approximate surface area is 163 Å². The number of aromatic amines is 1. The zero-order valence-electron chi connectivity index (χ0n) is 15.2. The van der Waals surface area contributed by atoms with Crippen LogP contribution in [0.2, 0.25) is 0 Å². The van der Waals surface area contributed by atoms with E-state index in [-0.39, 0.29) is 23.2 Å². The topological polar surface area (TPSA) is 155 Å². The summed E-state index contributed by atoms with van der Waals surface area (Å²) in [6.07, 6.45) is 0.464. The average molecular weight is 401 g/mol. The zero-order valence-corrected chi connectivity index (χ0v) is 16.0. The van der Waals surface area contributed by atoms with E-state index >= 15 is 0 Å². The fraction of sp³-hybridized carbons (Fsp3) is 0.235. The summed E-state index contributed by atoms with van der Waals surface area (Å²) in [5.74, 6) is -1.13. The van der Waals surface area contributed by atoms with Gasteiger partial charge >= 0.3 is 0 Å². The molecule has 2 amide bonds. The van der Waals surface area contributed by atoms with Crippen molar-refractivity contribution < 1.29 is 9.59 Å². The van der Waals surface area contributed by atoms with Gasteiger partial charge in [0.25, 0.3) is 11.5 Å². The molecule has 0 aliphatic heterocycles. The van der Waals surface area contributed by atoms with Crippen LogP contribution >= 0.6 is 11.3 Å². The molecule has 146 valence electrons. The second-order valence-corrected chi connectivity index (χ2v) is 6.77. The summed E-state index contributed by atoms with van der Waals surface area (Å²) in [5.41, 5.74) is 7.52. The number of fused-ring (bicyclic) bond motifs is 1. The highest BCUT2D eigenvalue weighted by molar-refractivity contribution is 7.16. The molecule has 2 heterocycles. The lowest BCUT2D eigenvalue weighted by atomic mass is 10.2. The first-order valence-electron chi connectivity index (χ1n) is 8.45. The number of hydrogen-bond acceptors (Lipinski definition) is 8. The van der Waals surface area contributed by atoms with Crippen molar-refractivity contribution in [2.24, 2.45) is 5.73 Å². The number of likely N-dealkylation sites (N-methyl/N-ethyl adjacent to an activating group) is 1.